The Bertz CT molecular complexity index is 1080. The van der Waals surface area contributed by atoms with Gasteiger partial charge in [-0.3, -0.25) is 24.4 Å². The van der Waals surface area contributed by atoms with Crippen LogP contribution in [0.25, 0.3) is 0 Å². The van der Waals surface area contributed by atoms with Gasteiger partial charge in [-0.05, 0) is 43.4 Å². The van der Waals surface area contributed by atoms with Gasteiger partial charge in [0.1, 0.15) is 23.9 Å². The second-order valence-electron chi connectivity index (χ2n) is 9.08. The Balaban J connectivity index is 3.10. The van der Waals surface area contributed by atoms with E-state index in [1.165, 1.54) is 12.1 Å². The molecule has 0 spiro atoms. The van der Waals surface area contributed by atoms with E-state index in [-0.39, 0.29) is 55.8 Å². The van der Waals surface area contributed by atoms with E-state index in [0.29, 0.717) is 18.4 Å². The number of phenolic OH excluding ortho intramolecular Hbond substituents is 1. The van der Waals surface area contributed by atoms with Gasteiger partial charge in [0.2, 0.25) is 17.7 Å². The maximum Gasteiger partial charge on any atom is 0.327 e. The molecule has 4 unspecified atom stereocenters. The molecule has 1 aromatic rings. The molecule has 15 N–H and O–H groups in total. The van der Waals surface area contributed by atoms with E-state index >= 15 is 0 Å². The number of nitrogens with zero attached hydrogens (tertiary/aromatic N) is 2. The number of phenols is 1. The molecular weight excluding hydrogens is 556 g/mol. The zero-order valence-corrected chi connectivity index (χ0v) is 23.4. The van der Waals surface area contributed by atoms with Gasteiger partial charge in [0, 0.05) is 25.3 Å². The number of carboxylic acids is 1. The van der Waals surface area contributed by atoms with Crippen LogP contribution in [-0.2, 0) is 25.6 Å². The SMILES string of the molecule is NC(N)=NCCCC(N)C(=O)NC(CCCN=C(N)N)C(=O)NC(Cc1ccc(O)cc1)C(=O)NC(CS)C(=O)O. The summed E-state index contributed by atoms with van der Waals surface area (Å²) in [5, 5.41) is 26.4. The quantitative estimate of drug-likeness (QED) is 0.0348. The van der Waals surface area contributed by atoms with Crippen molar-refractivity contribution in [1.82, 2.24) is 16.0 Å². The van der Waals surface area contributed by atoms with Gasteiger partial charge in [-0.2, -0.15) is 12.6 Å². The molecule has 0 aliphatic heterocycles. The number of aromatic hydroxyl groups is 1. The Hall–Kier alpha value is -4.25. The normalized spacial score (nSPS) is 13.5. The molecule has 16 nitrogen and oxygen atoms in total. The fourth-order valence-corrected chi connectivity index (χ4v) is 3.76. The summed E-state index contributed by atoms with van der Waals surface area (Å²) >= 11 is 3.95. The number of carbonyl (C=O) groups is 4. The summed E-state index contributed by atoms with van der Waals surface area (Å²) in [6, 6.07) is 1.25. The molecule has 0 bridgehead atoms. The monoisotopic (exact) mass is 596 g/mol. The number of hydrogen-bond acceptors (Lipinski definition) is 9. The topological polar surface area (TPSA) is 300 Å². The lowest BCUT2D eigenvalue weighted by atomic mass is 10.0. The van der Waals surface area contributed by atoms with Crippen molar-refractivity contribution in [2.45, 2.75) is 56.3 Å². The first-order chi connectivity index (χ1) is 19.3. The van der Waals surface area contributed by atoms with E-state index in [9.17, 15) is 29.4 Å². The number of nitrogens with two attached hydrogens (primary N) is 5. The van der Waals surface area contributed by atoms with Crippen molar-refractivity contribution in [2.75, 3.05) is 18.8 Å². The van der Waals surface area contributed by atoms with Gasteiger partial charge in [-0.15, -0.1) is 0 Å². The van der Waals surface area contributed by atoms with Gasteiger partial charge in [0.05, 0.1) is 6.04 Å². The summed E-state index contributed by atoms with van der Waals surface area (Å²) in [7, 11) is 0. The van der Waals surface area contributed by atoms with Crippen LogP contribution in [-0.4, -0.2) is 88.8 Å². The van der Waals surface area contributed by atoms with Crippen molar-refractivity contribution in [3.8, 4) is 5.75 Å². The van der Waals surface area contributed by atoms with Crippen LogP contribution in [0.3, 0.4) is 0 Å². The number of hydrogen-bond donors (Lipinski definition) is 11. The van der Waals surface area contributed by atoms with Crippen LogP contribution in [0.15, 0.2) is 34.3 Å². The first-order valence-electron chi connectivity index (χ1n) is 12.7. The molecule has 0 aromatic heterocycles. The Morgan fingerprint density at radius 3 is 1.78 bits per heavy atom. The summed E-state index contributed by atoms with van der Waals surface area (Å²) in [4.78, 5) is 58.3. The highest BCUT2D eigenvalue weighted by molar-refractivity contribution is 7.80. The van der Waals surface area contributed by atoms with Crippen molar-refractivity contribution in [1.29, 1.82) is 0 Å². The number of benzene rings is 1. The highest BCUT2D eigenvalue weighted by Crippen LogP contribution is 2.12. The second-order valence-corrected chi connectivity index (χ2v) is 9.44. The summed E-state index contributed by atoms with van der Waals surface area (Å²) in [6.45, 7) is 0.440. The van der Waals surface area contributed by atoms with Crippen molar-refractivity contribution in [3.63, 3.8) is 0 Å². The minimum absolute atomic E-state index is 0.00186. The van der Waals surface area contributed by atoms with Crippen molar-refractivity contribution in [2.24, 2.45) is 38.7 Å². The second kappa shape index (κ2) is 18.2. The van der Waals surface area contributed by atoms with Gasteiger partial charge in [-0.1, -0.05) is 12.1 Å². The van der Waals surface area contributed by atoms with Gasteiger partial charge < -0.3 is 54.8 Å². The maximum atomic E-state index is 13.4. The molecule has 41 heavy (non-hydrogen) atoms. The van der Waals surface area contributed by atoms with E-state index in [1.54, 1.807) is 12.1 Å². The number of guanidine groups is 2. The van der Waals surface area contributed by atoms with Gasteiger partial charge in [0.25, 0.3) is 0 Å². The predicted molar refractivity (Wildman–Crippen MR) is 157 cm³/mol. The molecular formula is C24H40N10O6S. The minimum atomic E-state index is -1.31. The van der Waals surface area contributed by atoms with Gasteiger partial charge in [-0.25, -0.2) is 4.79 Å². The molecule has 3 amide bonds. The predicted octanol–water partition coefficient (Wildman–Crippen LogP) is -3.16. The lowest BCUT2D eigenvalue weighted by Gasteiger charge is -2.25. The van der Waals surface area contributed by atoms with Crippen LogP contribution in [0.4, 0.5) is 0 Å². The van der Waals surface area contributed by atoms with E-state index in [0.717, 1.165) is 0 Å². The standard InChI is InChI=1S/C24H40N10O6S/c25-15(3-1-9-30-23(26)27)19(36)32-16(4-2-10-31-24(28)29)20(37)33-17(11-13-5-7-14(35)8-6-13)21(38)34-18(12-41)22(39)40/h5-8,15-18,35,41H,1-4,9-12,25H2,(H,32,36)(H,33,37)(H,34,38)(H,39,40)(H4,26,27,30)(H4,28,29,31). The molecule has 228 valence electrons. The molecule has 4 atom stereocenters. The summed E-state index contributed by atoms with van der Waals surface area (Å²) in [5.74, 6) is -3.83. The van der Waals surface area contributed by atoms with E-state index < -0.39 is 47.9 Å². The number of amides is 3. The highest BCUT2D eigenvalue weighted by Gasteiger charge is 2.30. The number of rotatable bonds is 18. The van der Waals surface area contributed by atoms with Gasteiger partial charge >= 0.3 is 5.97 Å². The molecule has 0 aliphatic rings. The van der Waals surface area contributed by atoms with Crippen LogP contribution in [0.1, 0.15) is 31.2 Å². The van der Waals surface area contributed by atoms with Crippen molar-refractivity contribution >= 4 is 48.2 Å². The smallest absolute Gasteiger partial charge is 0.327 e. The molecule has 0 saturated heterocycles. The zero-order valence-electron chi connectivity index (χ0n) is 22.5. The van der Waals surface area contributed by atoms with E-state index in [1.807, 2.05) is 0 Å². The lowest BCUT2D eigenvalue weighted by molar-refractivity contribution is -0.141. The Morgan fingerprint density at radius 1 is 0.780 bits per heavy atom. The largest absolute Gasteiger partial charge is 0.508 e. The minimum Gasteiger partial charge on any atom is -0.508 e. The zero-order chi connectivity index (χ0) is 30.9. The first-order valence-corrected chi connectivity index (χ1v) is 13.4. The number of carboxylic acid groups (broad SMARTS) is 1. The summed E-state index contributed by atoms with van der Waals surface area (Å²) in [5.41, 5.74) is 27.8. The average Bonchev–Trinajstić information content (AvgIpc) is 2.91. The lowest BCUT2D eigenvalue weighted by Crippen LogP contribution is -2.57. The summed E-state index contributed by atoms with van der Waals surface area (Å²) in [6.07, 6.45) is 0.994. The third kappa shape index (κ3) is 14.1. The third-order valence-electron chi connectivity index (χ3n) is 5.69. The molecule has 1 rings (SSSR count). The Kier molecular flexibility index (Phi) is 15.4. The third-order valence-corrected chi connectivity index (χ3v) is 6.05. The van der Waals surface area contributed by atoms with Crippen LogP contribution < -0.4 is 44.6 Å². The molecule has 0 radical (unpaired) electrons. The number of aliphatic carboxylic acids is 1. The molecule has 0 saturated carbocycles. The highest BCUT2D eigenvalue weighted by atomic mass is 32.1. The number of thiol groups is 1. The number of nitrogens with one attached hydrogen (secondary N) is 3. The molecule has 0 heterocycles. The molecule has 17 heteroatoms. The fraction of sp³-hybridized carbons (Fsp3) is 0.500. The Labute approximate surface area is 243 Å². The van der Waals surface area contributed by atoms with Gasteiger partial charge in [0.15, 0.2) is 11.9 Å². The van der Waals surface area contributed by atoms with Crippen molar-refractivity contribution < 1.29 is 29.4 Å². The van der Waals surface area contributed by atoms with Crippen LogP contribution in [0, 0.1) is 0 Å². The van der Waals surface area contributed by atoms with Crippen LogP contribution in [0.2, 0.25) is 0 Å². The Morgan fingerprint density at radius 2 is 1.27 bits per heavy atom. The van der Waals surface area contributed by atoms with Crippen LogP contribution >= 0.6 is 12.6 Å². The average molecular weight is 597 g/mol. The molecule has 0 fully saturated rings. The number of aliphatic imine (C=N–C) groups is 2. The number of carbonyl (C=O) groups excluding carboxylic acids is 3. The fourth-order valence-electron chi connectivity index (χ4n) is 3.51. The maximum absolute atomic E-state index is 13.4. The van der Waals surface area contributed by atoms with Crippen molar-refractivity contribution in [3.05, 3.63) is 29.8 Å². The summed E-state index contributed by atoms with van der Waals surface area (Å²) < 4.78 is 0. The van der Waals surface area contributed by atoms with E-state index in [2.05, 4.69) is 38.6 Å². The van der Waals surface area contributed by atoms with Crippen LogP contribution in [0.5, 0.6) is 5.75 Å². The molecule has 0 aliphatic carbocycles. The first kappa shape index (κ1) is 34.8. The van der Waals surface area contributed by atoms with E-state index in [4.69, 9.17) is 28.7 Å². The molecule has 1 aromatic carbocycles.